The SMILES string of the molecule is Cc1cnc(NC(=O)c2ccc(CCN)cc2)s1. The zero-order valence-corrected chi connectivity index (χ0v) is 11.0. The summed E-state index contributed by atoms with van der Waals surface area (Å²) >= 11 is 1.46. The zero-order valence-electron chi connectivity index (χ0n) is 10.1. The van der Waals surface area contributed by atoms with Crippen LogP contribution in [0.4, 0.5) is 5.13 Å². The van der Waals surface area contributed by atoms with Crippen LogP contribution in [0.3, 0.4) is 0 Å². The van der Waals surface area contributed by atoms with E-state index in [2.05, 4.69) is 10.3 Å². The first-order valence-corrected chi connectivity index (χ1v) is 6.53. The number of amides is 1. The molecule has 2 rings (SSSR count). The third kappa shape index (κ3) is 3.15. The lowest BCUT2D eigenvalue weighted by atomic mass is 10.1. The lowest BCUT2D eigenvalue weighted by Gasteiger charge is -2.03. The van der Waals surface area contributed by atoms with Gasteiger partial charge in [0.2, 0.25) is 0 Å². The van der Waals surface area contributed by atoms with Crippen LogP contribution in [0.15, 0.2) is 30.5 Å². The molecular weight excluding hydrogens is 246 g/mol. The molecule has 0 spiro atoms. The van der Waals surface area contributed by atoms with E-state index in [4.69, 9.17) is 5.73 Å². The van der Waals surface area contributed by atoms with E-state index in [1.807, 2.05) is 19.1 Å². The summed E-state index contributed by atoms with van der Waals surface area (Å²) in [6.07, 6.45) is 2.57. The lowest BCUT2D eigenvalue weighted by molar-refractivity contribution is 0.102. The van der Waals surface area contributed by atoms with Gasteiger partial charge in [0.1, 0.15) is 0 Å². The van der Waals surface area contributed by atoms with Crippen LogP contribution in [0.5, 0.6) is 0 Å². The third-order valence-electron chi connectivity index (χ3n) is 2.49. The molecule has 0 aliphatic rings. The van der Waals surface area contributed by atoms with Crippen LogP contribution in [0, 0.1) is 6.92 Å². The number of benzene rings is 1. The summed E-state index contributed by atoms with van der Waals surface area (Å²) in [7, 11) is 0. The minimum atomic E-state index is -0.136. The molecule has 1 amide bonds. The fourth-order valence-electron chi connectivity index (χ4n) is 1.57. The molecule has 1 aromatic carbocycles. The number of hydrogen-bond donors (Lipinski definition) is 2. The van der Waals surface area contributed by atoms with Crippen molar-refractivity contribution in [3.8, 4) is 0 Å². The molecule has 18 heavy (non-hydrogen) atoms. The van der Waals surface area contributed by atoms with Crippen LogP contribution in [0.2, 0.25) is 0 Å². The molecule has 0 saturated carbocycles. The molecule has 0 aliphatic heterocycles. The minimum Gasteiger partial charge on any atom is -0.330 e. The van der Waals surface area contributed by atoms with Gasteiger partial charge in [-0.2, -0.15) is 0 Å². The largest absolute Gasteiger partial charge is 0.330 e. The number of rotatable bonds is 4. The molecule has 0 bridgehead atoms. The Labute approximate surface area is 110 Å². The van der Waals surface area contributed by atoms with Gasteiger partial charge in [-0.1, -0.05) is 12.1 Å². The lowest BCUT2D eigenvalue weighted by Crippen LogP contribution is -2.11. The van der Waals surface area contributed by atoms with Crippen molar-refractivity contribution >= 4 is 22.4 Å². The highest BCUT2D eigenvalue weighted by Crippen LogP contribution is 2.17. The summed E-state index contributed by atoms with van der Waals surface area (Å²) in [5, 5.41) is 3.40. The summed E-state index contributed by atoms with van der Waals surface area (Å²) in [5.74, 6) is -0.136. The van der Waals surface area contributed by atoms with E-state index >= 15 is 0 Å². The molecule has 2 aromatic rings. The topological polar surface area (TPSA) is 68.0 Å². The average Bonchev–Trinajstić information content (AvgIpc) is 2.76. The predicted octanol–water partition coefficient (Wildman–Crippen LogP) is 2.21. The van der Waals surface area contributed by atoms with Gasteiger partial charge in [0.05, 0.1) is 0 Å². The minimum absolute atomic E-state index is 0.136. The normalized spacial score (nSPS) is 10.3. The second-order valence-corrected chi connectivity index (χ2v) is 5.20. The van der Waals surface area contributed by atoms with Crippen molar-refractivity contribution in [3.63, 3.8) is 0 Å². The number of hydrogen-bond acceptors (Lipinski definition) is 4. The average molecular weight is 261 g/mol. The molecular formula is C13H15N3OS. The van der Waals surface area contributed by atoms with Crippen molar-refractivity contribution in [3.05, 3.63) is 46.5 Å². The Morgan fingerprint density at radius 1 is 1.39 bits per heavy atom. The van der Waals surface area contributed by atoms with E-state index in [-0.39, 0.29) is 5.91 Å². The highest BCUT2D eigenvalue weighted by molar-refractivity contribution is 7.15. The number of carbonyl (C=O) groups excluding carboxylic acids is 1. The van der Waals surface area contributed by atoms with E-state index < -0.39 is 0 Å². The Bertz CT molecular complexity index is 533. The van der Waals surface area contributed by atoms with E-state index in [0.717, 1.165) is 16.9 Å². The summed E-state index contributed by atoms with van der Waals surface area (Å²) in [6, 6.07) is 7.46. The number of anilines is 1. The van der Waals surface area contributed by atoms with E-state index in [1.165, 1.54) is 11.3 Å². The van der Waals surface area contributed by atoms with Crippen molar-refractivity contribution < 1.29 is 4.79 Å². The van der Waals surface area contributed by atoms with Crippen LogP contribution in [-0.2, 0) is 6.42 Å². The van der Waals surface area contributed by atoms with Gasteiger partial charge >= 0.3 is 0 Å². The quantitative estimate of drug-likeness (QED) is 0.886. The van der Waals surface area contributed by atoms with Gasteiger partial charge in [0.25, 0.3) is 5.91 Å². The van der Waals surface area contributed by atoms with Gasteiger partial charge in [0.15, 0.2) is 5.13 Å². The number of carbonyl (C=O) groups is 1. The first-order chi connectivity index (χ1) is 8.69. The molecule has 0 atom stereocenters. The second kappa shape index (κ2) is 5.75. The molecule has 0 fully saturated rings. The fraction of sp³-hybridized carbons (Fsp3) is 0.231. The molecule has 0 saturated heterocycles. The maximum Gasteiger partial charge on any atom is 0.257 e. The third-order valence-corrected chi connectivity index (χ3v) is 3.32. The molecule has 0 unspecified atom stereocenters. The fourth-order valence-corrected chi connectivity index (χ4v) is 2.23. The van der Waals surface area contributed by atoms with Crippen LogP contribution in [0.1, 0.15) is 20.8 Å². The highest BCUT2D eigenvalue weighted by atomic mass is 32.1. The van der Waals surface area contributed by atoms with Crippen molar-refractivity contribution in [1.29, 1.82) is 0 Å². The van der Waals surface area contributed by atoms with Crippen LogP contribution in [-0.4, -0.2) is 17.4 Å². The smallest absolute Gasteiger partial charge is 0.257 e. The standard InChI is InChI=1S/C13H15N3OS/c1-9-8-15-13(18-9)16-12(17)11-4-2-10(3-5-11)6-7-14/h2-5,8H,6-7,14H2,1H3,(H,15,16,17). The molecule has 4 nitrogen and oxygen atoms in total. The molecule has 5 heteroatoms. The monoisotopic (exact) mass is 261 g/mol. The Morgan fingerprint density at radius 2 is 2.11 bits per heavy atom. The predicted molar refractivity (Wildman–Crippen MR) is 74.0 cm³/mol. The van der Waals surface area contributed by atoms with Crippen molar-refractivity contribution in [2.24, 2.45) is 5.73 Å². The molecule has 94 valence electrons. The van der Waals surface area contributed by atoms with Crippen molar-refractivity contribution in [2.75, 3.05) is 11.9 Å². The summed E-state index contributed by atoms with van der Waals surface area (Å²) < 4.78 is 0. The second-order valence-electron chi connectivity index (χ2n) is 3.97. The Morgan fingerprint density at radius 3 is 2.67 bits per heavy atom. The van der Waals surface area contributed by atoms with Crippen molar-refractivity contribution in [2.45, 2.75) is 13.3 Å². The van der Waals surface area contributed by atoms with Crippen molar-refractivity contribution in [1.82, 2.24) is 4.98 Å². The summed E-state index contributed by atoms with van der Waals surface area (Å²) in [5.41, 5.74) is 7.24. The van der Waals surface area contributed by atoms with Gasteiger partial charge in [-0.3, -0.25) is 10.1 Å². The Kier molecular flexibility index (Phi) is 4.07. The van der Waals surface area contributed by atoms with Gasteiger partial charge in [-0.25, -0.2) is 4.98 Å². The number of aryl methyl sites for hydroxylation is 1. The van der Waals surface area contributed by atoms with Crippen LogP contribution in [0.25, 0.3) is 0 Å². The number of nitrogens with two attached hydrogens (primary N) is 1. The maximum atomic E-state index is 11.9. The molecule has 0 radical (unpaired) electrons. The Balaban J connectivity index is 2.04. The first-order valence-electron chi connectivity index (χ1n) is 5.72. The van der Waals surface area contributed by atoms with Crippen LogP contribution < -0.4 is 11.1 Å². The molecule has 1 aromatic heterocycles. The highest BCUT2D eigenvalue weighted by Gasteiger charge is 2.07. The van der Waals surface area contributed by atoms with Gasteiger partial charge in [-0.15, -0.1) is 11.3 Å². The summed E-state index contributed by atoms with van der Waals surface area (Å²) in [6.45, 7) is 2.57. The van der Waals surface area contributed by atoms with E-state index in [0.29, 0.717) is 17.2 Å². The van der Waals surface area contributed by atoms with Gasteiger partial charge in [0, 0.05) is 16.6 Å². The molecule has 3 N–H and O–H groups in total. The van der Waals surface area contributed by atoms with Gasteiger partial charge < -0.3 is 5.73 Å². The molecule has 0 aliphatic carbocycles. The maximum absolute atomic E-state index is 11.9. The zero-order chi connectivity index (χ0) is 13.0. The molecule has 1 heterocycles. The number of nitrogens with one attached hydrogen (secondary N) is 1. The first kappa shape index (κ1) is 12.7. The Hall–Kier alpha value is -1.72. The van der Waals surface area contributed by atoms with E-state index in [1.54, 1.807) is 18.3 Å². The van der Waals surface area contributed by atoms with Gasteiger partial charge in [-0.05, 0) is 37.6 Å². The number of aromatic nitrogens is 1. The summed E-state index contributed by atoms with van der Waals surface area (Å²) in [4.78, 5) is 17.1. The number of thiazole rings is 1. The van der Waals surface area contributed by atoms with E-state index in [9.17, 15) is 4.79 Å². The number of nitrogens with zero attached hydrogens (tertiary/aromatic N) is 1. The van der Waals surface area contributed by atoms with Crippen LogP contribution >= 0.6 is 11.3 Å².